The van der Waals surface area contributed by atoms with Crippen molar-refractivity contribution < 1.29 is 0 Å². The molecule has 19 heavy (non-hydrogen) atoms. The van der Waals surface area contributed by atoms with Crippen LogP contribution in [-0.2, 0) is 5.54 Å². The van der Waals surface area contributed by atoms with E-state index in [4.69, 9.17) is 0 Å². The molecule has 0 radical (unpaired) electrons. The number of nitrogens with zero attached hydrogens (tertiary/aromatic N) is 2. The normalized spacial score (nSPS) is 18.4. The van der Waals surface area contributed by atoms with Crippen LogP contribution in [0.2, 0.25) is 0 Å². The second-order valence-corrected chi connectivity index (χ2v) is 6.23. The highest BCUT2D eigenvalue weighted by atomic mass is 79.9. The molecule has 100 valence electrons. The molecule has 1 aliphatic rings. The Bertz CT molecular complexity index is 570. The third-order valence-electron chi connectivity index (χ3n) is 4.05. The summed E-state index contributed by atoms with van der Waals surface area (Å²) in [7, 11) is 0. The summed E-state index contributed by atoms with van der Waals surface area (Å²) in [6, 6.07) is 8.34. The number of halogens is 1. The summed E-state index contributed by atoms with van der Waals surface area (Å²) < 4.78 is 3.46. The minimum Gasteiger partial charge on any atom is -0.325 e. The molecule has 1 N–H and O–H groups in total. The monoisotopic (exact) mass is 319 g/mol. The van der Waals surface area contributed by atoms with E-state index in [-0.39, 0.29) is 5.54 Å². The van der Waals surface area contributed by atoms with Gasteiger partial charge in [-0.1, -0.05) is 34.1 Å². The van der Waals surface area contributed by atoms with Crippen molar-refractivity contribution in [3.63, 3.8) is 0 Å². The maximum atomic E-state index is 4.38. The van der Waals surface area contributed by atoms with E-state index in [1.165, 1.54) is 11.3 Å². The van der Waals surface area contributed by atoms with Gasteiger partial charge < -0.3 is 9.88 Å². The lowest BCUT2D eigenvalue weighted by atomic mass is 9.89. The molecule has 0 amide bonds. The smallest absolute Gasteiger partial charge is 0.0956 e. The summed E-state index contributed by atoms with van der Waals surface area (Å²) in [4.78, 5) is 4.38. The molecule has 0 bridgehead atoms. The summed E-state index contributed by atoms with van der Waals surface area (Å²) >= 11 is 3.64. The van der Waals surface area contributed by atoms with Gasteiger partial charge in [-0.3, -0.25) is 0 Å². The molecule has 4 heteroatoms. The molecule has 1 fully saturated rings. The fraction of sp³-hybridized carbons (Fsp3) is 0.400. The van der Waals surface area contributed by atoms with E-state index in [2.05, 4.69) is 55.9 Å². The van der Waals surface area contributed by atoms with E-state index in [0.717, 1.165) is 30.4 Å². The number of imidazole rings is 1. The van der Waals surface area contributed by atoms with Gasteiger partial charge in [-0.05, 0) is 38.9 Å². The third kappa shape index (κ3) is 2.35. The Morgan fingerprint density at radius 3 is 2.74 bits per heavy atom. The van der Waals surface area contributed by atoms with E-state index in [1.54, 1.807) is 0 Å². The van der Waals surface area contributed by atoms with Crippen LogP contribution in [0.4, 0.5) is 0 Å². The van der Waals surface area contributed by atoms with Crippen LogP contribution in [0.15, 0.2) is 41.3 Å². The van der Waals surface area contributed by atoms with E-state index in [1.807, 2.05) is 18.6 Å². The van der Waals surface area contributed by atoms with Crippen LogP contribution in [0, 0.1) is 0 Å². The van der Waals surface area contributed by atoms with Crippen LogP contribution in [0.1, 0.15) is 19.8 Å². The summed E-state index contributed by atoms with van der Waals surface area (Å²) in [6.45, 7) is 4.48. The summed E-state index contributed by atoms with van der Waals surface area (Å²) in [6.07, 6.45) is 6.22. The number of aromatic nitrogens is 2. The molecule has 2 aromatic rings. The molecule has 1 saturated heterocycles. The number of benzene rings is 1. The fourth-order valence-electron chi connectivity index (χ4n) is 2.80. The zero-order valence-corrected chi connectivity index (χ0v) is 12.7. The van der Waals surface area contributed by atoms with Crippen LogP contribution in [0.25, 0.3) is 11.3 Å². The molecule has 1 aliphatic heterocycles. The first-order chi connectivity index (χ1) is 9.21. The van der Waals surface area contributed by atoms with Crippen LogP contribution in [0.5, 0.6) is 0 Å². The van der Waals surface area contributed by atoms with E-state index >= 15 is 0 Å². The zero-order chi connectivity index (χ0) is 13.3. The SMILES string of the molecule is CC1(n2cncc2-c2ccccc2Br)CCNCC1. The second kappa shape index (κ2) is 5.10. The quantitative estimate of drug-likeness (QED) is 0.919. The van der Waals surface area contributed by atoms with Crippen molar-refractivity contribution in [2.45, 2.75) is 25.3 Å². The molecule has 1 aromatic carbocycles. The molecule has 2 heterocycles. The lowest BCUT2D eigenvalue weighted by Crippen LogP contribution is -2.41. The van der Waals surface area contributed by atoms with Gasteiger partial charge in [0.25, 0.3) is 0 Å². The van der Waals surface area contributed by atoms with Gasteiger partial charge in [0.2, 0.25) is 0 Å². The molecule has 0 aliphatic carbocycles. The Morgan fingerprint density at radius 1 is 1.26 bits per heavy atom. The van der Waals surface area contributed by atoms with E-state index in [0.29, 0.717) is 0 Å². The minimum absolute atomic E-state index is 0.159. The molecular weight excluding hydrogens is 302 g/mol. The molecular formula is C15H18BrN3. The standard InChI is InChI=1S/C15H18BrN3/c1-15(6-8-17-9-7-15)19-11-18-10-14(19)12-4-2-3-5-13(12)16/h2-5,10-11,17H,6-9H2,1H3. The first-order valence-electron chi connectivity index (χ1n) is 6.69. The Kier molecular flexibility index (Phi) is 3.46. The summed E-state index contributed by atoms with van der Waals surface area (Å²) in [5.74, 6) is 0. The molecule has 3 nitrogen and oxygen atoms in total. The maximum absolute atomic E-state index is 4.38. The predicted octanol–water partition coefficient (Wildman–Crippen LogP) is 3.41. The maximum Gasteiger partial charge on any atom is 0.0956 e. The minimum atomic E-state index is 0.159. The Morgan fingerprint density at radius 2 is 2.00 bits per heavy atom. The average Bonchev–Trinajstić information content (AvgIpc) is 2.90. The van der Waals surface area contributed by atoms with Gasteiger partial charge in [0.1, 0.15) is 0 Å². The fourth-order valence-corrected chi connectivity index (χ4v) is 3.29. The highest BCUT2D eigenvalue weighted by Crippen LogP contribution is 2.34. The van der Waals surface area contributed by atoms with Gasteiger partial charge in [-0.15, -0.1) is 0 Å². The number of hydrogen-bond acceptors (Lipinski definition) is 2. The Balaban J connectivity index is 2.06. The first-order valence-corrected chi connectivity index (χ1v) is 7.48. The van der Waals surface area contributed by atoms with Crippen LogP contribution in [-0.4, -0.2) is 22.6 Å². The number of nitrogens with one attached hydrogen (secondary N) is 1. The first kappa shape index (κ1) is 12.9. The number of hydrogen-bond donors (Lipinski definition) is 1. The molecule has 3 rings (SSSR count). The molecule has 0 saturated carbocycles. The van der Waals surface area contributed by atoms with Crippen LogP contribution in [0.3, 0.4) is 0 Å². The Hall–Kier alpha value is -1.13. The highest BCUT2D eigenvalue weighted by molar-refractivity contribution is 9.10. The average molecular weight is 320 g/mol. The van der Waals surface area contributed by atoms with Gasteiger partial charge in [0, 0.05) is 15.6 Å². The number of rotatable bonds is 2. The van der Waals surface area contributed by atoms with Gasteiger partial charge in [-0.2, -0.15) is 0 Å². The zero-order valence-electron chi connectivity index (χ0n) is 11.1. The summed E-state index contributed by atoms with van der Waals surface area (Å²) in [5, 5.41) is 3.43. The second-order valence-electron chi connectivity index (χ2n) is 5.38. The van der Waals surface area contributed by atoms with Gasteiger partial charge >= 0.3 is 0 Å². The van der Waals surface area contributed by atoms with Gasteiger partial charge in [0.05, 0.1) is 18.2 Å². The lowest BCUT2D eigenvalue weighted by Gasteiger charge is -2.36. The van der Waals surface area contributed by atoms with Crippen molar-refractivity contribution in [3.8, 4) is 11.3 Å². The third-order valence-corrected chi connectivity index (χ3v) is 4.74. The number of piperidine rings is 1. The van der Waals surface area contributed by atoms with E-state index < -0.39 is 0 Å². The molecule has 0 atom stereocenters. The Labute approximate surface area is 122 Å². The van der Waals surface area contributed by atoms with Crippen molar-refractivity contribution in [1.82, 2.24) is 14.9 Å². The van der Waals surface area contributed by atoms with E-state index in [9.17, 15) is 0 Å². The summed E-state index contributed by atoms with van der Waals surface area (Å²) in [5.41, 5.74) is 2.56. The largest absolute Gasteiger partial charge is 0.325 e. The molecule has 0 spiro atoms. The lowest BCUT2D eigenvalue weighted by molar-refractivity contribution is 0.233. The van der Waals surface area contributed by atoms with Gasteiger partial charge in [0.15, 0.2) is 0 Å². The highest BCUT2D eigenvalue weighted by Gasteiger charge is 2.30. The van der Waals surface area contributed by atoms with Gasteiger partial charge in [-0.25, -0.2) is 4.98 Å². The van der Waals surface area contributed by atoms with Crippen molar-refractivity contribution in [2.24, 2.45) is 0 Å². The van der Waals surface area contributed by atoms with Crippen LogP contribution >= 0.6 is 15.9 Å². The van der Waals surface area contributed by atoms with Crippen molar-refractivity contribution >= 4 is 15.9 Å². The molecule has 1 aromatic heterocycles. The predicted molar refractivity (Wildman–Crippen MR) is 81.1 cm³/mol. The van der Waals surface area contributed by atoms with Crippen molar-refractivity contribution in [3.05, 3.63) is 41.3 Å². The van der Waals surface area contributed by atoms with Crippen LogP contribution < -0.4 is 5.32 Å². The molecule has 0 unspecified atom stereocenters. The van der Waals surface area contributed by atoms with Crippen molar-refractivity contribution in [2.75, 3.05) is 13.1 Å². The van der Waals surface area contributed by atoms with Crippen molar-refractivity contribution in [1.29, 1.82) is 0 Å². The topological polar surface area (TPSA) is 29.9 Å².